The summed E-state index contributed by atoms with van der Waals surface area (Å²) in [6.45, 7) is 2.21. The van der Waals surface area contributed by atoms with Crippen molar-refractivity contribution in [1.82, 2.24) is 15.1 Å². The second-order valence-corrected chi connectivity index (χ2v) is 5.98. The number of rotatable bonds is 5. The molecule has 23 heavy (non-hydrogen) atoms. The molecule has 8 heteroatoms. The average molecular weight is 387 g/mol. The first-order chi connectivity index (χ1) is 10.7. The fraction of sp³-hybridized carbons (Fsp3) is 0.333. The highest BCUT2D eigenvalue weighted by Gasteiger charge is 2.27. The summed E-state index contributed by atoms with van der Waals surface area (Å²) < 4.78 is 28.7. The Morgan fingerprint density at radius 2 is 1.96 bits per heavy atom. The molecular formula is C15H17BrF2N4O. The minimum atomic E-state index is -3.11. The molecule has 0 radical (unpaired) electrons. The van der Waals surface area contributed by atoms with Crippen LogP contribution in [0.1, 0.15) is 21.7 Å². The molecule has 1 heterocycles. The van der Waals surface area contributed by atoms with E-state index >= 15 is 0 Å². The molecule has 2 rings (SSSR count). The summed E-state index contributed by atoms with van der Waals surface area (Å²) in [5.41, 5.74) is 7.79. The molecule has 0 bridgehead atoms. The molecule has 5 nitrogen and oxygen atoms in total. The standard InChI is InChI=1S/C15H17BrF2N4O/c1-9-13(16)10(2)22(21-9)12-5-3-11(4-6-12)14(23)20-8-15(17,18)7-19/h3-6H,7-8,19H2,1-2H3,(H,20,23). The third kappa shape index (κ3) is 3.94. The number of halogens is 3. The maximum Gasteiger partial charge on any atom is 0.277 e. The van der Waals surface area contributed by atoms with Gasteiger partial charge in [0.05, 0.1) is 34.6 Å². The number of carbonyl (C=O) groups is 1. The molecule has 2 aromatic rings. The topological polar surface area (TPSA) is 72.9 Å². The van der Waals surface area contributed by atoms with Gasteiger partial charge in [0.2, 0.25) is 0 Å². The quantitative estimate of drug-likeness (QED) is 0.829. The lowest BCUT2D eigenvalue weighted by Gasteiger charge is -2.14. The number of nitrogens with one attached hydrogen (secondary N) is 1. The van der Waals surface area contributed by atoms with Crippen LogP contribution in [0.3, 0.4) is 0 Å². The van der Waals surface area contributed by atoms with E-state index in [1.165, 1.54) is 0 Å². The Balaban J connectivity index is 2.13. The number of aryl methyl sites for hydroxylation is 1. The van der Waals surface area contributed by atoms with Crippen molar-refractivity contribution >= 4 is 21.8 Å². The number of nitrogens with zero attached hydrogens (tertiary/aromatic N) is 2. The molecule has 0 saturated heterocycles. The molecule has 0 aliphatic rings. The second kappa shape index (κ2) is 6.76. The second-order valence-electron chi connectivity index (χ2n) is 5.19. The van der Waals surface area contributed by atoms with Crippen molar-refractivity contribution in [3.8, 4) is 5.69 Å². The van der Waals surface area contributed by atoms with E-state index < -0.39 is 24.9 Å². The van der Waals surface area contributed by atoms with Gasteiger partial charge in [0.25, 0.3) is 11.8 Å². The van der Waals surface area contributed by atoms with Crippen LogP contribution in [-0.2, 0) is 0 Å². The molecule has 1 amide bonds. The zero-order valence-electron chi connectivity index (χ0n) is 12.7. The lowest BCUT2D eigenvalue weighted by molar-refractivity contribution is 0.0118. The summed E-state index contributed by atoms with van der Waals surface area (Å²) in [7, 11) is 0. The summed E-state index contributed by atoms with van der Waals surface area (Å²) >= 11 is 3.45. The van der Waals surface area contributed by atoms with Crippen LogP contribution >= 0.6 is 15.9 Å². The zero-order chi connectivity index (χ0) is 17.2. The minimum Gasteiger partial charge on any atom is -0.346 e. The van der Waals surface area contributed by atoms with Crippen molar-refractivity contribution in [2.24, 2.45) is 5.73 Å². The molecule has 0 aliphatic heterocycles. The maximum atomic E-state index is 13.0. The summed E-state index contributed by atoms with van der Waals surface area (Å²) in [5.74, 6) is -3.68. The molecule has 0 unspecified atom stereocenters. The van der Waals surface area contributed by atoms with E-state index in [4.69, 9.17) is 5.73 Å². The van der Waals surface area contributed by atoms with E-state index in [-0.39, 0.29) is 0 Å². The zero-order valence-corrected chi connectivity index (χ0v) is 14.3. The predicted molar refractivity (Wildman–Crippen MR) is 87.1 cm³/mol. The van der Waals surface area contributed by atoms with Crippen molar-refractivity contribution < 1.29 is 13.6 Å². The fourth-order valence-electron chi connectivity index (χ4n) is 2.01. The van der Waals surface area contributed by atoms with Crippen molar-refractivity contribution in [2.75, 3.05) is 13.1 Å². The molecule has 124 valence electrons. The highest BCUT2D eigenvalue weighted by atomic mass is 79.9. The number of amides is 1. The normalized spacial score (nSPS) is 11.6. The first-order valence-electron chi connectivity index (χ1n) is 6.93. The van der Waals surface area contributed by atoms with Crippen LogP contribution < -0.4 is 11.1 Å². The van der Waals surface area contributed by atoms with Gasteiger partial charge in [-0.05, 0) is 54.0 Å². The van der Waals surface area contributed by atoms with Crippen molar-refractivity contribution in [3.05, 3.63) is 45.7 Å². The molecule has 0 fully saturated rings. The molecule has 0 aliphatic carbocycles. The van der Waals surface area contributed by atoms with E-state index in [2.05, 4.69) is 26.3 Å². The van der Waals surface area contributed by atoms with E-state index in [1.54, 1.807) is 28.9 Å². The van der Waals surface area contributed by atoms with Crippen LogP contribution in [0, 0.1) is 13.8 Å². The summed E-state index contributed by atoms with van der Waals surface area (Å²) in [6, 6.07) is 6.55. The summed E-state index contributed by atoms with van der Waals surface area (Å²) in [6.07, 6.45) is 0. The van der Waals surface area contributed by atoms with Gasteiger partial charge in [0, 0.05) is 5.56 Å². The van der Waals surface area contributed by atoms with E-state index in [1.807, 2.05) is 13.8 Å². The van der Waals surface area contributed by atoms with Crippen LogP contribution in [0.25, 0.3) is 5.69 Å². The van der Waals surface area contributed by atoms with Gasteiger partial charge in [-0.15, -0.1) is 0 Å². The lowest BCUT2D eigenvalue weighted by Crippen LogP contribution is -2.41. The monoisotopic (exact) mass is 386 g/mol. The SMILES string of the molecule is Cc1nn(-c2ccc(C(=O)NCC(F)(F)CN)cc2)c(C)c1Br. The lowest BCUT2D eigenvalue weighted by atomic mass is 10.2. The van der Waals surface area contributed by atoms with Gasteiger partial charge in [0.1, 0.15) is 0 Å². The third-order valence-electron chi connectivity index (χ3n) is 3.38. The Morgan fingerprint density at radius 1 is 1.35 bits per heavy atom. The Morgan fingerprint density at radius 3 is 2.43 bits per heavy atom. The largest absolute Gasteiger partial charge is 0.346 e. The van der Waals surface area contributed by atoms with E-state index in [0.717, 1.165) is 21.5 Å². The van der Waals surface area contributed by atoms with Crippen molar-refractivity contribution in [2.45, 2.75) is 19.8 Å². The Kier molecular flexibility index (Phi) is 5.16. The van der Waals surface area contributed by atoms with Gasteiger partial charge >= 0.3 is 0 Å². The van der Waals surface area contributed by atoms with Crippen LogP contribution in [0.4, 0.5) is 8.78 Å². The predicted octanol–water partition coefficient (Wildman–Crippen LogP) is 2.58. The van der Waals surface area contributed by atoms with Gasteiger partial charge < -0.3 is 11.1 Å². The number of aromatic nitrogens is 2. The Hall–Kier alpha value is -1.80. The number of hydrogen-bond donors (Lipinski definition) is 2. The van der Waals surface area contributed by atoms with Crippen molar-refractivity contribution in [3.63, 3.8) is 0 Å². The van der Waals surface area contributed by atoms with E-state index in [0.29, 0.717) is 5.56 Å². The Bertz CT molecular complexity index is 713. The van der Waals surface area contributed by atoms with Gasteiger partial charge in [0.15, 0.2) is 0 Å². The number of hydrogen-bond acceptors (Lipinski definition) is 3. The van der Waals surface area contributed by atoms with Crippen LogP contribution in [0.2, 0.25) is 0 Å². The molecule has 0 saturated carbocycles. The van der Waals surface area contributed by atoms with Crippen molar-refractivity contribution in [1.29, 1.82) is 0 Å². The third-order valence-corrected chi connectivity index (χ3v) is 4.53. The van der Waals surface area contributed by atoms with Gasteiger partial charge in [-0.1, -0.05) is 0 Å². The number of nitrogens with two attached hydrogens (primary N) is 1. The number of benzene rings is 1. The number of alkyl halides is 2. The fourth-order valence-corrected chi connectivity index (χ4v) is 2.26. The molecule has 1 aromatic carbocycles. The highest BCUT2D eigenvalue weighted by molar-refractivity contribution is 9.10. The summed E-state index contributed by atoms with van der Waals surface area (Å²) in [4.78, 5) is 11.9. The summed E-state index contributed by atoms with van der Waals surface area (Å²) in [5, 5.41) is 6.57. The van der Waals surface area contributed by atoms with Crippen LogP contribution in [0.5, 0.6) is 0 Å². The molecule has 1 aromatic heterocycles. The van der Waals surface area contributed by atoms with Crippen LogP contribution in [-0.4, -0.2) is 34.7 Å². The minimum absolute atomic E-state index is 0.294. The highest BCUT2D eigenvalue weighted by Crippen LogP contribution is 2.23. The van der Waals surface area contributed by atoms with E-state index in [9.17, 15) is 13.6 Å². The average Bonchev–Trinajstić information content (AvgIpc) is 2.80. The Labute approximate surface area is 141 Å². The first-order valence-corrected chi connectivity index (χ1v) is 7.73. The smallest absolute Gasteiger partial charge is 0.277 e. The van der Waals surface area contributed by atoms with Gasteiger partial charge in [-0.2, -0.15) is 5.10 Å². The maximum absolute atomic E-state index is 13.0. The number of carbonyl (C=O) groups excluding carboxylic acids is 1. The van der Waals surface area contributed by atoms with Crippen LogP contribution in [0.15, 0.2) is 28.7 Å². The molecule has 0 atom stereocenters. The molecular weight excluding hydrogens is 370 g/mol. The molecule has 0 spiro atoms. The van der Waals surface area contributed by atoms with Gasteiger partial charge in [-0.25, -0.2) is 13.5 Å². The molecule has 3 N–H and O–H groups in total. The van der Waals surface area contributed by atoms with Gasteiger partial charge in [-0.3, -0.25) is 4.79 Å². The first kappa shape index (κ1) is 17.6.